The molecular weight excluding hydrogens is 290 g/mol. The number of hydrogen-bond donors (Lipinski definition) is 1. The lowest BCUT2D eigenvalue weighted by Crippen LogP contribution is -2.15. The van der Waals surface area contributed by atoms with Gasteiger partial charge in [-0.15, -0.1) is 0 Å². The van der Waals surface area contributed by atoms with Crippen molar-refractivity contribution < 1.29 is 9.53 Å². The van der Waals surface area contributed by atoms with Crippen molar-refractivity contribution in [1.82, 2.24) is 9.78 Å². The molecule has 0 fully saturated rings. The number of methoxy groups -OCH3 is 1. The van der Waals surface area contributed by atoms with E-state index in [1.165, 1.54) is 0 Å². The predicted octanol–water partition coefficient (Wildman–Crippen LogP) is 3.44. The van der Waals surface area contributed by atoms with E-state index in [-0.39, 0.29) is 5.91 Å². The van der Waals surface area contributed by atoms with Gasteiger partial charge in [0.15, 0.2) is 0 Å². The van der Waals surface area contributed by atoms with Gasteiger partial charge >= 0.3 is 0 Å². The summed E-state index contributed by atoms with van der Waals surface area (Å²) >= 11 is 0. The Labute approximate surface area is 134 Å². The Morgan fingerprint density at radius 3 is 2.61 bits per heavy atom. The molecule has 2 aromatic carbocycles. The fraction of sp³-hybridized carbons (Fsp3) is 0.111. The van der Waals surface area contributed by atoms with Crippen LogP contribution in [0.5, 0.6) is 5.75 Å². The molecule has 1 aromatic heterocycles. The summed E-state index contributed by atoms with van der Waals surface area (Å²) in [6.07, 6.45) is 0. The second-order valence-electron chi connectivity index (χ2n) is 5.10. The van der Waals surface area contributed by atoms with Crippen molar-refractivity contribution in [2.24, 2.45) is 0 Å². The molecule has 0 saturated heterocycles. The van der Waals surface area contributed by atoms with E-state index in [0.29, 0.717) is 17.1 Å². The first-order chi connectivity index (χ1) is 11.2. The third-order valence-corrected chi connectivity index (χ3v) is 3.41. The summed E-state index contributed by atoms with van der Waals surface area (Å²) in [7, 11) is 1.57. The number of aromatic nitrogens is 2. The molecule has 5 heteroatoms. The highest BCUT2D eigenvalue weighted by atomic mass is 16.5. The van der Waals surface area contributed by atoms with Crippen molar-refractivity contribution >= 4 is 11.7 Å². The Kier molecular flexibility index (Phi) is 4.10. The molecule has 116 valence electrons. The molecule has 0 atom stereocenters. The number of anilines is 1. The summed E-state index contributed by atoms with van der Waals surface area (Å²) in [5, 5.41) is 7.34. The van der Waals surface area contributed by atoms with Crippen LogP contribution in [0, 0.1) is 6.92 Å². The average Bonchev–Trinajstić information content (AvgIpc) is 2.96. The standard InChI is InChI=1S/C18H17N3O2/c1-13-11-17(21(20-13)15-8-4-3-5-9-15)19-18(22)14-7-6-10-16(12-14)23-2/h3-12H,1-2H3,(H,19,22). The van der Waals surface area contributed by atoms with Crippen LogP contribution in [0.2, 0.25) is 0 Å². The van der Waals surface area contributed by atoms with E-state index in [9.17, 15) is 4.79 Å². The maximum Gasteiger partial charge on any atom is 0.256 e. The molecule has 0 unspecified atom stereocenters. The average molecular weight is 307 g/mol. The van der Waals surface area contributed by atoms with Gasteiger partial charge in [-0.25, -0.2) is 4.68 Å². The number of carbonyl (C=O) groups excluding carboxylic acids is 1. The highest BCUT2D eigenvalue weighted by molar-refractivity contribution is 6.04. The van der Waals surface area contributed by atoms with Gasteiger partial charge in [0.25, 0.3) is 5.91 Å². The zero-order chi connectivity index (χ0) is 16.2. The summed E-state index contributed by atoms with van der Waals surface area (Å²) in [6, 6.07) is 18.5. The van der Waals surface area contributed by atoms with E-state index in [4.69, 9.17) is 4.74 Å². The Balaban J connectivity index is 1.90. The minimum Gasteiger partial charge on any atom is -0.497 e. The number of nitrogens with zero attached hydrogens (tertiary/aromatic N) is 2. The van der Waals surface area contributed by atoms with E-state index >= 15 is 0 Å². The van der Waals surface area contributed by atoms with Gasteiger partial charge < -0.3 is 10.1 Å². The molecule has 0 bridgehead atoms. The smallest absolute Gasteiger partial charge is 0.256 e. The van der Waals surface area contributed by atoms with Crippen LogP contribution in [0.4, 0.5) is 5.82 Å². The Morgan fingerprint density at radius 2 is 1.87 bits per heavy atom. The van der Waals surface area contributed by atoms with Gasteiger partial charge in [-0.05, 0) is 37.3 Å². The fourth-order valence-corrected chi connectivity index (χ4v) is 2.31. The van der Waals surface area contributed by atoms with Crippen LogP contribution >= 0.6 is 0 Å². The minimum atomic E-state index is -0.207. The minimum absolute atomic E-state index is 0.207. The fourth-order valence-electron chi connectivity index (χ4n) is 2.31. The van der Waals surface area contributed by atoms with E-state index in [1.54, 1.807) is 36.1 Å². The summed E-state index contributed by atoms with van der Waals surface area (Å²) in [5.74, 6) is 1.06. The van der Waals surface area contributed by atoms with Gasteiger partial charge in [0.1, 0.15) is 11.6 Å². The normalized spacial score (nSPS) is 10.3. The molecule has 0 radical (unpaired) electrons. The first kappa shape index (κ1) is 14.8. The quantitative estimate of drug-likeness (QED) is 0.803. The van der Waals surface area contributed by atoms with E-state index in [2.05, 4.69) is 10.4 Å². The highest BCUT2D eigenvalue weighted by Crippen LogP contribution is 2.19. The molecule has 0 aliphatic heterocycles. The second kappa shape index (κ2) is 6.36. The van der Waals surface area contributed by atoms with Gasteiger partial charge in [-0.2, -0.15) is 5.10 Å². The molecule has 3 aromatic rings. The predicted molar refractivity (Wildman–Crippen MR) is 89.2 cm³/mol. The number of ether oxygens (including phenoxy) is 1. The van der Waals surface area contributed by atoms with E-state index in [0.717, 1.165) is 11.4 Å². The van der Waals surface area contributed by atoms with Gasteiger partial charge in [-0.3, -0.25) is 4.79 Å². The first-order valence-corrected chi connectivity index (χ1v) is 7.25. The van der Waals surface area contributed by atoms with Gasteiger partial charge in [0, 0.05) is 11.6 Å². The SMILES string of the molecule is COc1cccc(C(=O)Nc2cc(C)nn2-c2ccccc2)c1. The van der Waals surface area contributed by atoms with Crippen molar-refractivity contribution in [3.63, 3.8) is 0 Å². The lowest BCUT2D eigenvalue weighted by Gasteiger charge is -2.09. The zero-order valence-corrected chi connectivity index (χ0v) is 13.0. The lowest BCUT2D eigenvalue weighted by molar-refractivity contribution is 0.102. The van der Waals surface area contributed by atoms with Crippen LogP contribution in [0.1, 0.15) is 16.1 Å². The van der Waals surface area contributed by atoms with Crippen molar-refractivity contribution in [3.05, 3.63) is 71.9 Å². The largest absolute Gasteiger partial charge is 0.497 e. The number of aryl methyl sites for hydroxylation is 1. The summed E-state index contributed by atoms with van der Waals surface area (Å²) in [6.45, 7) is 1.89. The van der Waals surface area contributed by atoms with E-state index < -0.39 is 0 Å². The Morgan fingerprint density at radius 1 is 1.09 bits per heavy atom. The number of amides is 1. The number of benzene rings is 2. The maximum atomic E-state index is 12.5. The van der Waals surface area contributed by atoms with Crippen molar-refractivity contribution in [1.29, 1.82) is 0 Å². The summed E-state index contributed by atoms with van der Waals surface area (Å²) in [5.41, 5.74) is 2.25. The van der Waals surface area contributed by atoms with Crippen LogP contribution in [-0.4, -0.2) is 22.8 Å². The van der Waals surface area contributed by atoms with Crippen molar-refractivity contribution in [2.75, 3.05) is 12.4 Å². The van der Waals surface area contributed by atoms with Crippen LogP contribution < -0.4 is 10.1 Å². The monoisotopic (exact) mass is 307 g/mol. The number of para-hydroxylation sites is 1. The number of hydrogen-bond acceptors (Lipinski definition) is 3. The van der Waals surface area contributed by atoms with Gasteiger partial charge in [0.05, 0.1) is 18.5 Å². The first-order valence-electron chi connectivity index (χ1n) is 7.25. The topological polar surface area (TPSA) is 56.1 Å². The van der Waals surface area contributed by atoms with Crippen LogP contribution in [0.3, 0.4) is 0 Å². The molecule has 0 aliphatic carbocycles. The third-order valence-electron chi connectivity index (χ3n) is 3.41. The Hall–Kier alpha value is -3.08. The molecule has 5 nitrogen and oxygen atoms in total. The van der Waals surface area contributed by atoms with Crippen molar-refractivity contribution in [3.8, 4) is 11.4 Å². The van der Waals surface area contributed by atoms with Crippen LogP contribution in [-0.2, 0) is 0 Å². The van der Waals surface area contributed by atoms with Gasteiger partial charge in [0.2, 0.25) is 0 Å². The molecule has 23 heavy (non-hydrogen) atoms. The molecule has 3 rings (SSSR count). The summed E-state index contributed by atoms with van der Waals surface area (Å²) in [4.78, 5) is 12.5. The van der Waals surface area contributed by atoms with Crippen LogP contribution in [0.25, 0.3) is 5.69 Å². The molecular formula is C18H17N3O2. The highest BCUT2D eigenvalue weighted by Gasteiger charge is 2.12. The molecule has 0 saturated carbocycles. The molecule has 0 aliphatic rings. The number of rotatable bonds is 4. The third kappa shape index (κ3) is 3.23. The molecule has 0 spiro atoms. The van der Waals surface area contributed by atoms with E-state index in [1.807, 2.05) is 43.3 Å². The zero-order valence-electron chi connectivity index (χ0n) is 13.0. The Bertz CT molecular complexity index is 825. The number of nitrogens with one attached hydrogen (secondary N) is 1. The molecule has 1 amide bonds. The van der Waals surface area contributed by atoms with Crippen molar-refractivity contribution in [2.45, 2.75) is 6.92 Å². The number of carbonyl (C=O) groups is 1. The lowest BCUT2D eigenvalue weighted by atomic mass is 10.2. The molecule has 1 heterocycles. The van der Waals surface area contributed by atoms with Crippen LogP contribution in [0.15, 0.2) is 60.7 Å². The molecule has 1 N–H and O–H groups in total. The second-order valence-corrected chi connectivity index (χ2v) is 5.10. The van der Waals surface area contributed by atoms with Gasteiger partial charge in [-0.1, -0.05) is 24.3 Å². The maximum absolute atomic E-state index is 12.5. The summed E-state index contributed by atoms with van der Waals surface area (Å²) < 4.78 is 6.87.